The Kier molecular flexibility index (Phi) is 5.60. The minimum absolute atomic E-state index is 0.165. The predicted octanol–water partition coefficient (Wildman–Crippen LogP) is 1.37. The van der Waals surface area contributed by atoms with Gasteiger partial charge in [0, 0.05) is 37.2 Å². The lowest BCUT2D eigenvalue weighted by Gasteiger charge is -2.16. The van der Waals surface area contributed by atoms with Gasteiger partial charge in [-0.3, -0.25) is 4.79 Å². The number of nitrogens with one attached hydrogen (secondary N) is 2. The van der Waals surface area contributed by atoms with Crippen molar-refractivity contribution in [1.29, 1.82) is 0 Å². The first-order chi connectivity index (χ1) is 12.5. The number of carbonyl (C=O) groups excluding carboxylic acids is 3. The van der Waals surface area contributed by atoms with Crippen LogP contribution in [0.25, 0.3) is 0 Å². The number of carbonyl (C=O) groups is 3. The van der Waals surface area contributed by atoms with Crippen molar-refractivity contribution in [2.45, 2.75) is 25.3 Å². The molecule has 1 heterocycles. The van der Waals surface area contributed by atoms with Crippen LogP contribution in [0.5, 0.6) is 5.75 Å². The standard InChI is InChI=1S/C18H23N3O5/c1-25-17(23)11-26-15-6-2-13(3-7-15)20-18(24)19-9-12-8-16(22)21(10-12)14-4-5-14/h2-3,6-7,12,14H,4-5,8-11H2,1H3,(H2,19,20,24). The molecule has 3 amide bonds. The number of rotatable bonds is 7. The van der Waals surface area contributed by atoms with Gasteiger partial charge in [-0.2, -0.15) is 0 Å². The summed E-state index contributed by atoms with van der Waals surface area (Å²) < 4.78 is 9.73. The van der Waals surface area contributed by atoms with E-state index in [0.717, 1.165) is 19.4 Å². The Morgan fingerprint density at radius 1 is 1.23 bits per heavy atom. The highest BCUT2D eigenvalue weighted by molar-refractivity contribution is 5.89. The van der Waals surface area contributed by atoms with Crippen molar-refractivity contribution in [1.82, 2.24) is 10.2 Å². The van der Waals surface area contributed by atoms with Crippen LogP contribution in [0.3, 0.4) is 0 Å². The smallest absolute Gasteiger partial charge is 0.343 e. The van der Waals surface area contributed by atoms with Crippen molar-refractivity contribution in [2.24, 2.45) is 5.92 Å². The molecule has 1 aliphatic heterocycles. The second-order valence-electron chi connectivity index (χ2n) is 6.57. The van der Waals surface area contributed by atoms with Gasteiger partial charge in [-0.05, 0) is 37.1 Å². The van der Waals surface area contributed by atoms with Gasteiger partial charge in [-0.15, -0.1) is 0 Å². The average molecular weight is 361 g/mol. The van der Waals surface area contributed by atoms with Crippen LogP contribution in [-0.2, 0) is 14.3 Å². The van der Waals surface area contributed by atoms with Crippen LogP contribution in [0.4, 0.5) is 10.5 Å². The second-order valence-corrected chi connectivity index (χ2v) is 6.57. The zero-order valence-corrected chi connectivity index (χ0v) is 14.7. The average Bonchev–Trinajstić information content (AvgIpc) is 3.41. The van der Waals surface area contributed by atoms with Gasteiger partial charge in [-0.1, -0.05) is 0 Å². The number of likely N-dealkylation sites (tertiary alicyclic amines) is 1. The summed E-state index contributed by atoms with van der Waals surface area (Å²) in [6, 6.07) is 6.79. The van der Waals surface area contributed by atoms with Crippen LogP contribution in [0.2, 0.25) is 0 Å². The molecule has 1 unspecified atom stereocenters. The molecule has 1 atom stereocenters. The monoisotopic (exact) mass is 361 g/mol. The number of methoxy groups -OCH3 is 1. The van der Waals surface area contributed by atoms with Crippen molar-refractivity contribution in [3.63, 3.8) is 0 Å². The maximum atomic E-state index is 12.0. The van der Waals surface area contributed by atoms with E-state index in [2.05, 4.69) is 15.4 Å². The Morgan fingerprint density at radius 2 is 1.96 bits per heavy atom. The molecule has 1 aromatic rings. The summed E-state index contributed by atoms with van der Waals surface area (Å²) in [5, 5.41) is 5.55. The van der Waals surface area contributed by atoms with Gasteiger partial charge >= 0.3 is 12.0 Å². The van der Waals surface area contributed by atoms with Crippen LogP contribution in [0.1, 0.15) is 19.3 Å². The van der Waals surface area contributed by atoms with E-state index >= 15 is 0 Å². The molecule has 8 heteroatoms. The van der Waals surface area contributed by atoms with Crippen LogP contribution in [0.15, 0.2) is 24.3 Å². The molecule has 1 saturated carbocycles. The molecule has 140 valence electrons. The fourth-order valence-corrected chi connectivity index (χ4v) is 2.93. The van der Waals surface area contributed by atoms with E-state index in [0.29, 0.717) is 30.4 Å². The quantitative estimate of drug-likeness (QED) is 0.715. The van der Waals surface area contributed by atoms with E-state index in [1.54, 1.807) is 24.3 Å². The Hall–Kier alpha value is -2.77. The van der Waals surface area contributed by atoms with Gasteiger partial charge in [0.05, 0.1) is 7.11 Å². The summed E-state index contributed by atoms with van der Waals surface area (Å²) in [6.07, 6.45) is 2.71. The minimum atomic E-state index is -0.461. The number of amides is 3. The highest BCUT2D eigenvalue weighted by atomic mass is 16.6. The van der Waals surface area contributed by atoms with Crippen LogP contribution < -0.4 is 15.4 Å². The van der Waals surface area contributed by atoms with Crippen molar-refractivity contribution in [3.8, 4) is 5.75 Å². The zero-order valence-electron chi connectivity index (χ0n) is 14.7. The third-order valence-corrected chi connectivity index (χ3v) is 4.47. The van der Waals surface area contributed by atoms with E-state index in [-0.39, 0.29) is 24.5 Å². The molecule has 0 radical (unpaired) electrons. The Balaban J connectivity index is 1.39. The normalized spacial score (nSPS) is 19.2. The lowest BCUT2D eigenvalue weighted by Crippen LogP contribution is -2.34. The summed E-state index contributed by atoms with van der Waals surface area (Å²) >= 11 is 0. The van der Waals surface area contributed by atoms with Gasteiger partial charge in [-0.25, -0.2) is 9.59 Å². The number of nitrogens with zero attached hydrogens (tertiary/aromatic N) is 1. The molecule has 8 nitrogen and oxygen atoms in total. The van der Waals surface area contributed by atoms with Gasteiger partial charge in [0.1, 0.15) is 5.75 Å². The molecule has 3 rings (SSSR count). The van der Waals surface area contributed by atoms with Crippen LogP contribution >= 0.6 is 0 Å². The van der Waals surface area contributed by atoms with Gasteiger partial charge in [0.25, 0.3) is 0 Å². The number of hydrogen-bond acceptors (Lipinski definition) is 5. The molecule has 2 N–H and O–H groups in total. The minimum Gasteiger partial charge on any atom is -0.482 e. The fourth-order valence-electron chi connectivity index (χ4n) is 2.93. The molecule has 1 saturated heterocycles. The SMILES string of the molecule is COC(=O)COc1ccc(NC(=O)NCC2CC(=O)N(C3CC3)C2)cc1. The highest BCUT2D eigenvalue weighted by Crippen LogP contribution is 2.32. The number of hydrogen-bond donors (Lipinski definition) is 2. The van der Waals surface area contributed by atoms with E-state index in [1.165, 1.54) is 7.11 Å². The Morgan fingerprint density at radius 3 is 2.62 bits per heavy atom. The van der Waals surface area contributed by atoms with Gasteiger partial charge in [0.15, 0.2) is 6.61 Å². The van der Waals surface area contributed by atoms with E-state index in [1.807, 2.05) is 4.90 Å². The number of urea groups is 1. The van der Waals surface area contributed by atoms with Crippen molar-refractivity contribution in [3.05, 3.63) is 24.3 Å². The maximum absolute atomic E-state index is 12.0. The highest BCUT2D eigenvalue weighted by Gasteiger charge is 2.39. The van der Waals surface area contributed by atoms with Gasteiger partial charge < -0.3 is 25.0 Å². The largest absolute Gasteiger partial charge is 0.482 e. The predicted molar refractivity (Wildman–Crippen MR) is 93.8 cm³/mol. The molecule has 1 aliphatic carbocycles. The summed E-state index contributed by atoms with van der Waals surface area (Å²) in [7, 11) is 1.29. The molecule has 0 aromatic heterocycles. The first-order valence-corrected chi connectivity index (χ1v) is 8.69. The molecule has 2 fully saturated rings. The maximum Gasteiger partial charge on any atom is 0.343 e. The van der Waals surface area contributed by atoms with Crippen LogP contribution in [0, 0.1) is 5.92 Å². The third kappa shape index (κ3) is 4.87. The molecule has 0 bridgehead atoms. The number of benzene rings is 1. The Bertz CT molecular complexity index is 672. The van der Waals surface area contributed by atoms with E-state index in [4.69, 9.17) is 4.74 Å². The number of anilines is 1. The summed E-state index contributed by atoms with van der Waals surface area (Å²) in [5.41, 5.74) is 0.607. The summed E-state index contributed by atoms with van der Waals surface area (Å²) in [4.78, 5) is 36.9. The molecule has 0 spiro atoms. The van der Waals surface area contributed by atoms with E-state index in [9.17, 15) is 14.4 Å². The molecular weight excluding hydrogens is 338 g/mol. The molecular formula is C18H23N3O5. The summed E-state index contributed by atoms with van der Waals surface area (Å²) in [6.45, 7) is 1.04. The molecule has 26 heavy (non-hydrogen) atoms. The first-order valence-electron chi connectivity index (χ1n) is 8.69. The van der Waals surface area contributed by atoms with Crippen molar-refractivity contribution in [2.75, 3.05) is 32.1 Å². The van der Waals surface area contributed by atoms with Crippen molar-refractivity contribution >= 4 is 23.6 Å². The first kappa shape index (κ1) is 18.0. The van der Waals surface area contributed by atoms with Gasteiger partial charge in [0.2, 0.25) is 5.91 Å². The second kappa shape index (κ2) is 8.07. The number of esters is 1. The molecule has 1 aromatic carbocycles. The summed E-state index contributed by atoms with van der Waals surface area (Å²) in [5.74, 6) is 0.411. The number of ether oxygens (including phenoxy) is 2. The topological polar surface area (TPSA) is 97.0 Å². The van der Waals surface area contributed by atoms with E-state index < -0.39 is 5.97 Å². The molecule has 2 aliphatic rings. The zero-order chi connectivity index (χ0) is 18.5. The lowest BCUT2D eigenvalue weighted by atomic mass is 10.1. The lowest BCUT2D eigenvalue weighted by molar-refractivity contribution is -0.142. The van der Waals surface area contributed by atoms with Crippen LogP contribution in [-0.4, -0.2) is 55.7 Å². The third-order valence-electron chi connectivity index (χ3n) is 4.47. The fraction of sp³-hybridized carbons (Fsp3) is 0.500. The Labute approximate surface area is 151 Å². The van der Waals surface area contributed by atoms with Crippen molar-refractivity contribution < 1.29 is 23.9 Å².